The van der Waals surface area contributed by atoms with Crippen LogP contribution in [0.3, 0.4) is 0 Å². The first-order valence-electron chi connectivity index (χ1n) is 9.88. The number of hydrogen-bond donors (Lipinski definition) is 0. The Labute approximate surface area is 181 Å². The number of halogens is 1. The molecular formula is C26H24BrNO. The van der Waals surface area contributed by atoms with Crippen LogP contribution in [0, 0.1) is 0 Å². The van der Waals surface area contributed by atoms with Crippen LogP contribution in [0.4, 0.5) is 0 Å². The molecule has 1 saturated heterocycles. The molecule has 0 spiro atoms. The van der Waals surface area contributed by atoms with E-state index >= 15 is 0 Å². The summed E-state index contributed by atoms with van der Waals surface area (Å²) < 4.78 is 1.04. The van der Waals surface area contributed by atoms with Gasteiger partial charge < -0.3 is 0 Å². The molecule has 0 bridgehead atoms. The Morgan fingerprint density at radius 2 is 1.38 bits per heavy atom. The average molecular weight is 446 g/mol. The van der Waals surface area contributed by atoms with Crippen LogP contribution in [-0.4, -0.2) is 16.7 Å². The van der Waals surface area contributed by atoms with E-state index in [-0.39, 0.29) is 23.9 Å². The highest BCUT2D eigenvalue weighted by molar-refractivity contribution is 9.10. The molecule has 0 aromatic heterocycles. The third kappa shape index (κ3) is 4.26. The van der Waals surface area contributed by atoms with E-state index in [0.717, 1.165) is 10.0 Å². The molecule has 146 valence electrons. The zero-order valence-corrected chi connectivity index (χ0v) is 18.2. The van der Waals surface area contributed by atoms with Gasteiger partial charge in [-0.2, -0.15) is 0 Å². The van der Waals surface area contributed by atoms with Gasteiger partial charge in [-0.3, -0.25) is 9.69 Å². The lowest BCUT2D eigenvalue weighted by molar-refractivity contribution is -0.115. The van der Waals surface area contributed by atoms with E-state index in [1.807, 2.05) is 38.1 Å². The lowest BCUT2D eigenvalue weighted by atomic mass is 9.98. The van der Waals surface area contributed by atoms with Crippen LogP contribution < -0.4 is 0 Å². The second-order valence-corrected chi connectivity index (χ2v) is 8.65. The third-order valence-corrected chi connectivity index (χ3v) is 5.84. The van der Waals surface area contributed by atoms with Crippen molar-refractivity contribution in [2.24, 2.45) is 0 Å². The number of nitrogens with zero attached hydrogens (tertiary/aromatic N) is 1. The van der Waals surface area contributed by atoms with E-state index in [0.29, 0.717) is 0 Å². The summed E-state index contributed by atoms with van der Waals surface area (Å²) in [6.07, 6.45) is 1.78. The Bertz CT molecular complexity index is 968. The van der Waals surface area contributed by atoms with E-state index in [1.54, 1.807) is 6.08 Å². The highest BCUT2D eigenvalue weighted by atomic mass is 79.9. The van der Waals surface area contributed by atoms with Crippen LogP contribution in [0.15, 0.2) is 101 Å². The van der Waals surface area contributed by atoms with Gasteiger partial charge in [0.05, 0.1) is 18.1 Å². The summed E-state index contributed by atoms with van der Waals surface area (Å²) in [5.74, 6) is 0.176. The lowest BCUT2D eigenvalue weighted by Gasteiger charge is -2.21. The highest BCUT2D eigenvalue weighted by Crippen LogP contribution is 2.52. The van der Waals surface area contributed by atoms with Gasteiger partial charge in [-0.25, -0.2) is 0 Å². The summed E-state index contributed by atoms with van der Waals surface area (Å²) in [5, 5.41) is 0. The summed E-state index contributed by atoms with van der Waals surface area (Å²) >= 11 is 3.52. The molecule has 3 aromatic rings. The van der Waals surface area contributed by atoms with Gasteiger partial charge >= 0.3 is 0 Å². The van der Waals surface area contributed by atoms with Crippen LogP contribution in [0.2, 0.25) is 0 Å². The summed E-state index contributed by atoms with van der Waals surface area (Å²) in [6, 6.07) is 29.2. The Balaban J connectivity index is 1.79. The van der Waals surface area contributed by atoms with Gasteiger partial charge in [-0.05, 0) is 48.7 Å². The second-order valence-electron chi connectivity index (χ2n) is 7.74. The topological polar surface area (TPSA) is 20.1 Å². The number of ketones is 1. The fraction of sp³-hybridized carbons (Fsp3) is 0.192. The maximum absolute atomic E-state index is 13.1. The maximum atomic E-state index is 13.1. The van der Waals surface area contributed by atoms with Crippen molar-refractivity contribution in [2.75, 3.05) is 0 Å². The zero-order valence-electron chi connectivity index (χ0n) is 16.6. The van der Waals surface area contributed by atoms with E-state index in [1.165, 1.54) is 16.7 Å². The quantitative estimate of drug-likeness (QED) is 0.318. The second kappa shape index (κ2) is 8.48. The molecule has 1 unspecified atom stereocenters. The van der Waals surface area contributed by atoms with Crippen molar-refractivity contribution < 1.29 is 4.79 Å². The van der Waals surface area contributed by atoms with Gasteiger partial charge in [0.25, 0.3) is 0 Å². The molecule has 3 atom stereocenters. The molecule has 0 N–H and O–H groups in total. The van der Waals surface area contributed by atoms with E-state index < -0.39 is 0 Å². The number of allylic oxidation sites excluding steroid dienone is 1. The van der Waals surface area contributed by atoms with Crippen LogP contribution in [0.5, 0.6) is 0 Å². The largest absolute Gasteiger partial charge is 0.293 e. The Hall–Kier alpha value is -2.49. The third-order valence-electron chi connectivity index (χ3n) is 5.31. The number of benzene rings is 3. The summed E-state index contributed by atoms with van der Waals surface area (Å²) in [5.41, 5.74) is 4.61. The molecular weight excluding hydrogens is 422 g/mol. The Morgan fingerprint density at radius 1 is 0.862 bits per heavy atom. The van der Waals surface area contributed by atoms with Gasteiger partial charge in [-0.1, -0.05) is 94.3 Å². The lowest BCUT2D eigenvalue weighted by Crippen LogP contribution is -2.17. The molecule has 1 fully saturated rings. The van der Waals surface area contributed by atoms with Gasteiger partial charge in [0.2, 0.25) is 0 Å². The van der Waals surface area contributed by atoms with Gasteiger partial charge in [0, 0.05) is 4.47 Å². The first-order valence-corrected chi connectivity index (χ1v) is 10.7. The van der Waals surface area contributed by atoms with Crippen molar-refractivity contribution in [2.45, 2.75) is 32.0 Å². The normalized spacial score (nSPS) is 20.3. The molecule has 0 amide bonds. The number of carbonyl (C=O) groups excluding carboxylic acids is 1. The van der Waals surface area contributed by atoms with Gasteiger partial charge in [-0.15, -0.1) is 0 Å². The molecule has 2 nitrogen and oxygen atoms in total. The minimum absolute atomic E-state index is 0.0329. The first kappa shape index (κ1) is 19.8. The number of rotatable bonds is 6. The monoisotopic (exact) mass is 445 g/mol. The predicted molar refractivity (Wildman–Crippen MR) is 122 cm³/mol. The fourth-order valence-corrected chi connectivity index (χ4v) is 4.33. The minimum Gasteiger partial charge on any atom is -0.293 e. The molecule has 0 saturated carbocycles. The molecule has 4 rings (SSSR count). The molecule has 3 aromatic carbocycles. The average Bonchev–Trinajstić information content (AvgIpc) is 3.45. The Kier molecular flexibility index (Phi) is 5.79. The van der Waals surface area contributed by atoms with Crippen molar-refractivity contribution in [3.8, 4) is 0 Å². The Morgan fingerprint density at radius 3 is 1.86 bits per heavy atom. The fourth-order valence-electron chi connectivity index (χ4n) is 4.06. The van der Waals surface area contributed by atoms with Crippen molar-refractivity contribution in [1.29, 1.82) is 0 Å². The summed E-state index contributed by atoms with van der Waals surface area (Å²) in [7, 11) is 0. The SMILES string of the molecule is CC(C)=CC(=O)[C@H]1[C@@H](c2ccc(Br)cc2)N1C(c1ccccc1)c1ccccc1. The van der Waals surface area contributed by atoms with Crippen molar-refractivity contribution >= 4 is 21.7 Å². The van der Waals surface area contributed by atoms with E-state index in [4.69, 9.17) is 0 Å². The molecule has 0 aliphatic carbocycles. The van der Waals surface area contributed by atoms with E-state index in [9.17, 15) is 4.79 Å². The van der Waals surface area contributed by atoms with Gasteiger partial charge in [0.1, 0.15) is 0 Å². The molecule has 1 heterocycles. The zero-order chi connectivity index (χ0) is 20.4. The van der Waals surface area contributed by atoms with Crippen molar-refractivity contribution in [3.63, 3.8) is 0 Å². The minimum atomic E-state index is -0.156. The summed E-state index contributed by atoms with van der Waals surface area (Å²) in [4.78, 5) is 15.5. The van der Waals surface area contributed by atoms with E-state index in [2.05, 4.69) is 81.5 Å². The van der Waals surface area contributed by atoms with Crippen LogP contribution in [-0.2, 0) is 4.79 Å². The molecule has 1 aliphatic heterocycles. The van der Waals surface area contributed by atoms with Crippen molar-refractivity contribution in [3.05, 3.63) is 118 Å². The van der Waals surface area contributed by atoms with Crippen LogP contribution in [0.1, 0.15) is 42.6 Å². The summed E-state index contributed by atoms with van der Waals surface area (Å²) in [6.45, 7) is 3.95. The molecule has 1 aliphatic rings. The van der Waals surface area contributed by atoms with Crippen molar-refractivity contribution in [1.82, 2.24) is 4.90 Å². The first-order chi connectivity index (χ1) is 14.1. The number of hydrogen-bond acceptors (Lipinski definition) is 2. The molecule has 3 heteroatoms. The van der Waals surface area contributed by atoms with Crippen LogP contribution in [0.25, 0.3) is 0 Å². The smallest absolute Gasteiger partial charge is 0.174 e. The standard InChI is InChI=1S/C26H24BrNO/c1-18(2)17-23(29)26-25(21-13-15-22(27)16-14-21)28(26)24(19-9-5-3-6-10-19)20-11-7-4-8-12-20/h3-17,24-26H,1-2H3/t25-,26+,28?/m1/s1. The predicted octanol–water partition coefficient (Wildman–Crippen LogP) is 6.50. The van der Waals surface area contributed by atoms with Gasteiger partial charge in [0.15, 0.2) is 5.78 Å². The molecule has 29 heavy (non-hydrogen) atoms. The van der Waals surface area contributed by atoms with Crippen LogP contribution >= 0.6 is 15.9 Å². The molecule has 0 radical (unpaired) electrons. The maximum Gasteiger partial charge on any atom is 0.174 e. The number of carbonyl (C=O) groups is 1. The highest BCUT2D eigenvalue weighted by Gasteiger charge is 2.56.